The van der Waals surface area contributed by atoms with Gasteiger partial charge in [-0.3, -0.25) is 4.79 Å². The van der Waals surface area contributed by atoms with Crippen LogP contribution in [-0.4, -0.2) is 16.6 Å². The topological polar surface area (TPSA) is 75.4 Å². The molecule has 1 aromatic carbocycles. The minimum Gasteiger partial charge on any atom is -0.392 e. The number of nitrogens with one attached hydrogen (secondary N) is 1. The molecule has 0 radical (unpaired) electrons. The standard InChI is InChI=1S/C14H20N2O2/c15-14(7-1-2-8-14)9-13(18)16-12-5-3-11(10-17)4-6-12/h3-6,17H,1-2,7-10,15H2,(H,16,18). The minimum absolute atomic E-state index is 0.0140. The van der Waals surface area contributed by atoms with E-state index in [1.54, 1.807) is 24.3 Å². The molecule has 1 fully saturated rings. The molecule has 0 saturated heterocycles. The number of hydrogen-bond donors (Lipinski definition) is 3. The maximum absolute atomic E-state index is 11.9. The van der Waals surface area contributed by atoms with Crippen molar-refractivity contribution in [2.75, 3.05) is 5.32 Å². The van der Waals surface area contributed by atoms with Crippen LogP contribution in [-0.2, 0) is 11.4 Å². The molecule has 1 aromatic rings. The predicted molar refractivity (Wildman–Crippen MR) is 71.0 cm³/mol. The molecule has 18 heavy (non-hydrogen) atoms. The molecule has 0 unspecified atom stereocenters. The molecule has 2 rings (SSSR count). The van der Waals surface area contributed by atoms with Gasteiger partial charge in [0.05, 0.1) is 6.61 Å². The van der Waals surface area contributed by atoms with Crippen LogP contribution in [0.2, 0.25) is 0 Å². The van der Waals surface area contributed by atoms with Crippen molar-refractivity contribution in [2.45, 2.75) is 44.2 Å². The van der Waals surface area contributed by atoms with Crippen molar-refractivity contribution in [1.82, 2.24) is 0 Å². The van der Waals surface area contributed by atoms with E-state index < -0.39 is 0 Å². The molecule has 4 N–H and O–H groups in total. The number of rotatable bonds is 4. The van der Waals surface area contributed by atoms with Crippen LogP contribution < -0.4 is 11.1 Å². The molecular weight excluding hydrogens is 228 g/mol. The third-order valence-corrected chi connectivity index (χ3v) is 3.53. The van der Waals surface area contributed by atoms with Crippen LogP contribution in [0.5, 0.6) is 0 Å². The van der Waals surface area contributed by atoms with Crippen LogP contribution in [0, 0.1) is 0 Å². The Kier molecular flexibility index (Phi) is 3.99. The second kappa shape index (κ2) is 5.50. The number of amides is 1. The van der Waals surface area contributed by atoms with Gasteiger partial charge in [0, 0.05) is 17.6 Å². The van der Waals surface area contributed by atoms with Crippen LogP contribution >= 0.6 is 0 Å². The van der Waals surface area contributed by atoms with E-state index in [0.29, 0.717) is 6.42 Å². The number of nitrogens with two attached hydrogens (primary N) is 1. The molecule has 0 aliphatic heterocycles. The van der Waals surface area contributed by atoms with Gasteiger partial charge in [-0.2, -0.15) is 0 Å². The third kappa shape index (κ3) is 3.31. The highest BCUT2D eigenvalue weighted by atomic mass is 16.3. The van der Waals surface area contributed by atoms with Crippen LogP contribution in [0.15, 0.2) is 24.3 Å². The zero-order valence-electron chi connectivity index (χ0n) is 10.5. The smallest absolute Gasteiger partial charge is 0.226 e. The van der Waals surface area contributed by atoms with E-state index in [4.69, 9.17) is 10.8 Å². The van der Waals surface area contributed by atoms with Gasteiger partial charge in [-0.1, -0.05) is 25.0 Å². The van der Waals surface area contributed by atoms with Crippen molar-refractivity contribution < 1.29 is 9.90 Å². The number of aliphatic hydroxyl groups is 1. The van der Waals surface area contributed by atoms with E-state index in [1.807, 2.05) is 0 Å². The number of anilines is 1. The SMILES string of the molecule is NC1(CC(=O)Nc2ccc(CO)cc2)CCCC1. The van der Waals surface area contributed by atoms with Gasteiger partial charge in [0.2, 0.25) is 5.91 Å². The Hall–Kier alpha value is -1.39. The number of hydrogen-bond acceptors (Lipinski definition) is 3. The molecule has 4 heteroatoms. The lowest BCUT2D eigenvalue weighted by Crippen LogP contribution is -2.40. The van der Waals surface area contributed by atoms with Gasteiger partial charge in [0.1, 0.15) is 0 Å². The quantitative estimate of drug-likeness (QED) is 0.760. The molecule has 1 aliphatic carbocycles. The summed E-state index contributed by atoms with van der Waals surface area (Å²) in [6.45, 7) is 0.0140. The lowest BCUT2D eigenvalue weighted by molar-refractivity contribution is -0.117. The van der Waals surface area contributed by atoms with Crippen molar-refractivity contribution in [3.8, 4) is 0 Å². The highest BCUT2D eigenvalue weighted by molar-refractivity contribution is 5.91. The minimum atomic E-state index is -0.310. The molecule has 1 amide bonds. The highest BCUT2D eigenvalue weighted by Gasteiger charge is 2.31. The lowest BCUT2D eigenvalue weighted by Gasteiger charge is -2.22. The Bertz CT molecular complexity index is 408. The van der Waals surface area contributed by atoms with Crippen molar-refractivity contribution in [3.63, 3.8) is 0 Å². The van der Waals surface area contributed by atoms with Gasteiger partial charge < -0.3 is 16.2 Å². The Labute approximate surface area is 107 Å². The van der Waals surface area contributed by atoms with Crippen LogP contribution in [0.4, 0.5) is 5.69 Å². The largest absolute Gasteiger partial charge is 0.392 e. The van der Waals surface area contributed by atoms with E-state index in [1.165, 1.54) is 0 Å². The molecule has 0 spiro atoms. The summed E-state index contributed by atoms with van der Waals surface area (Å²) in [5.41, 5.74) is 7.44. The first-order valence-corrected chi connectivity index (χ1v) is 6.40. The molecular formula is C14H20N2O2. The summed E-state index contributed by atoms with van der Waals surface area (Å²) in [7, 11) is 0. The summed E-state index contributed by atoms with van der Waals surface area (Å²) in [5, 5.41) is 11.8. The molecule has 0 atom stereocenters. The first kappa shape index (κ1) is 13.1. The molecule has 4 nitrogen and oxygen atoms in total. The molecule has 1 saturated carbocycles. The molecule has 0 heterocycles. The fourth-order valence-electron chi connectivity index (χ4n) is 2.47. The zero-order valence-corrected chi connectivity index (χ0v) is 10.5. The van der Waals surface area contributed by atoms with E-state index in [-0.39, 0.29) is 18.1 Å². The summed E-state index contributed by atoms with van der Waals surface area (Å²) in [6.07, 6.45) is 4.49. The van der Waals surface area contributed by atoms with Gasteiger partial charge in [-0.05, 0) is 30.5 Å². The summed E-state index contributed by atoms with van der Waals surface area (Å²) >= 11 is 0. The average molecular weight is 248 g/mol. The number of benzene rings is 1. The van der Waals surface area contributed by atoms with Crippen molar-refractivity contribution in [2.24, 2.45) is 5.73 Å². The zero-order chi connectivity index (χ0) is 13.0. The van der Waals surface area contributed by atoms with Crippen LogP contribution in [0.3, 0.4) is 0 Å². The summed E-state index contributed by atoms with van der Waals surface area (Å²) in [4.78, 5) is 11.9. The fourth-order valence-corrected chi connectivity index (χ4v) is 2.47. The average Bonchev–Trinajstić information content (AvgIpc) is 2.76. The number of carbonyl (C=O) groups excluding carboxylic acids is 1. The Morgan fingerprint density at radius 2 is 1.89 bits per heavy atom. The number of carbonyl (C=O) groups is 1. The van der Waals surface area contributed by atoms with E-state index in [0.717, 1.165) is 36.9 Å². The van der Waals surface area contributed by atoms with Gasteiger partial charge in [0.15, 0.2) is 0 Å². The second-order valence-electron chi connectivity index (χ2n) is 5.15. The first-order chi connectivity index (χ1) is 8.61. The monoisotopic (exact) mass is 248 g/mol. The highest BCUT2D eigenvalue weighted by Crippen LogP contribution is 2.30. The van der Waals surface area contributed by atoms with Crippen molar-refractivity contribution in [3.05, 3.63) is 29.8 Å². The summed E-state index contributed by atoms with van der Waals surface area (Å²) in [5.74, 6) is -0.0313. The van der Waals surface area contributed by atoms with Gasteiger partial charge >= 0.3 is 0 Å². The van der Waals surface area contributed by atoms with Crippen molar-refractivity contribution in [1.29, 1.82) is 0 Å². The Morgan fingerprint density at radius 1 is 1.28 bits per heavy atom. The molecule has 0 aromatic heterocycles. The lowest BCUT2D eigenvalue weighted by atomic mass is 9.94. The van der Waals surface area contributed by atoms with Crippen LogP contribution in [0.1, 0.15) is 37.7 Å². The molecule has 0 bridgehead atoms. The molecule has 1 aliphatic rings. The Balaban J connectivity index is 1.90. The predicted octanol–water partition coefficient (Wildman–Crippen LogP) is 1.78. The summed E-state index contributed by atoms with van der Waals surface area (Å²) < 4.78 is 0. The first-order valence-electron chi connectivity index (χ1n) is 6.40. The van der Waals surface area contributed by atoms with E-state index in [2.05, 4.69) is 5.32 Å². The maximum atomic E-state index is 11.9. The van der Waals surface area contributed by atoms with Crippen molar-refractivity contribution >= 4 is 11.6 Å². The normalized spacial score (nSPS) is 17.7. The second-order valence-corrected chi connectivity index (χ2v) is 5.15. The fraction of sp³-hybridized carbons (Fsp3) is 0.500. The third-order valence-electron chi connectivity index (χ3n) is 3.53. The van der Waals surface area contributed by atoms with Gasteiger partial charge in [-0.25, -0.2) is 0 Å². The summed E-state index contributed by atoms with van der Waals surface area (Å²) in [6, 6.07) is 7.18. The number of aliphatic hydroxyl groups excluding tert-OH is 1. The maximum Gasteiger partial charge on any atom is 0.226 e. The molecule has 98 valence electrons. The van der Waals surface area contributed by atoms with Gasteiger partial charge in [-0.15, -0.1) is 0 Å². The van der Waals surface area contributed by atoms with E-state index >= 15 is 0 Å². The Morgan fingerprint density at radius 3 is 2.44 bits per heavy atom. The van der Waals surface area contributed by atoms with Crippen LogP contribution in [0.25, 0.3) is 0 Å². The van der Waals surface area contributed by atoms with E-state index in [9.17, 15) is 4.79 Å². The van der Waals surface area contributed by atoms with Gasteiger partial charge in [0.25, 0.3) is 0 Å².